The molecule has 2 amide bonds. The molecule has 6 heteroatoms. The average molecular weight is 443 g/mol. The highest BCUT2D eigenvalue weighted by molar-refractivity contribution is 5.85. The fourth-order valence-electron chi connectivity index (χ4n) is 4.75. The molecule has 1 aromatic carbocycles. The zero-order chi connectivity index (χ0) is 23.3. The first-order valence-corrected chi connectivity index (χ1v) is 11.3. The lowest BCUT2D eigenvalue weighted by Gasteiger charge is -2.43. The zero-order valence-electron chi connectivity index (χ0n) is 19.3. The van der Waals surface area contributed by atoms with Gasteiger partial charge in [-0.05, 0) is 59.7 Å². The van der Waals surface area contributed by atoms with Gasteiger partial charge in [-0.3, -0.25) is 19.6 Å². The van der Waals surface area contributed by atoms with Crippen LogP contribution >= 0.6 is 0 Å². The van der Waals surface area contributed by atoms with E-state index in [4.69, 9.17) is 0 Å². The molecular weight excluding hydrogens is 412 g/mol. The van der Waals surface area contributed by atoms with Crippen LogP contribution in [0, 0.1) is 5.41 Å². The Bertz CT molecular complexity index is 1080. The minimum atomic E-state index is -0.621. The summed E-state index contributed by atoms with van der Waals surface area (Å²) in [6.07, 6.45) is 9.50. The molecule has 0 unspecified atom stereocenters. The summed E-state index contributed by atoms with van der Waals surface area (Å²) in [5.74, 6) is 0.131. The second-order valence-electron chi connectivity index (χ2n) is 9.05. The molecular formula is C27H30N4O2. The first kappa shape index (κ1) is 22.6. The summed E-state index contributed by atoms with van der Waals surface area (Å²) in [6, 6.07) is 16.1. The maximum absolute atomic E-state index is 13.4. The molecule has 1 fully saturated rings. The van der Waals surface area contributed by atoms with Crippen LogP contribution in [-0.2, 0) is 22.4 Å². The first-order chi connectivity index (χ1) is 16.0. The SMILES string of the molecule is CN(C)C(=O)[C@@]1(Cc2ccc(-c3ccncc3)cc2)CCCN(C(=O)Cc2cccnc2)C1. The number of piperidine rings is 1. The van der Waals surface area contributed by atoms with Gasteiger partial charge in [-0.1, -0.05) is 30.3 Å². The van der Waals surface area contributed by atoms with Crippen LogP contribution in [0.15, 0.2) is 73.3 Å². The Morgan fingerprint density at radius 1 is 0.939 bits per heavy atom. The van der Waals surface area contributed by atoms with E-state index >= 15 is 0 Å². The van der Waals surface area contributed by atoms with Crippen LogP contribution in [0.1, 0.15) is 24.0 Å². The monoisotopic (exact) mass is 442 g/mol. The average Bonchev–Trinajstić information content (AvgIpc) is 2.85. The molecule has 33 heavy (non-hydrogen) atoms. The third-order valence-electron chi connectivity index (χ3n) is 6.38. The predicted octanol–water partition coefficient (Wildman–Crippen LogP) is 3.63. The molecule has 2 aromatic heterocycles. The second-order valence-corrected chi connectivity index (χ2v) is 9.05. The van der Waals surface area contributed by atoms with E-state index in [9.17, 15) is 9.59 Å². The highest BCUT2D eigenvalue weighted by Crippen LogP contribution is 2.36. The lowest BCUT2D eigenvalue weighted by atomic mass is 9.73. The molecule has 4 rings (SSSR count). The maximum Gasteiger partial charge on any atom is 0.230 e. The summed E-state index contributed by atoms with van der Waals surface area (Å²) < 4.78 is 0. The third kappa shape index (κ3) is 5.28. The van der Waals surface area contributed by atoms with Crippen LogP contribution in [0.4, 0.5) is 0 Å². The van der Waals surface area contributed by atoms with Crippen molar-refractivity contribution in [1.82, 2.24) is 19.8 Å². The van der Waals surface area contributed by atoms with Gasteiger partial charge in [0.2, 0.25) is 11.8 Å². The molecule has 3 aromatic rings. The van der Waals surface area contributed by atoms with E-state index in [2.05, 4.69) is 34.2 Å². The van der Waals surface area contributed by atoms with Crippen molar-refractivity contribution in [3.63, 3.8) is 0 Å². The van der Waals surface area contributed by atoms with Crippen LogP contribution in [0.3, 0.4) is 0 Å². The van der Waals surface area contributed by atoms with Gasteiger partial charge in [-0.25, -0.2) is 0 Å². The number of nitrogens with zero attached hydrogens (tertiary/aromatic N) is 4. The summed E-state index contributed by atoms with van der Waals surface area (Å²) in [6.45, 7) is 1.12. The van der Waals surface area contributed by atoms with Crippen LogP contribution in [0.2, 0.25) is 0 Å². The van der Waals surface area contributed by atoms with Gasteiger partial charge in [0.05, 0.1) is 11.8 Å². The van der Waals surface area contributed by atoms with Gasteiger partial charge in [0.15, 0.2) is 0 Å². The molecule has 0 spiro atoms. The van der Waals surface area contributed by atoms with Crippen LogP contribution in [0.25, 0.3) is 11.1 Å². The lowest BCUT2D eigenvalue weighted by molar-refractivity contribution is -0.147. The van der Waals surface area contributed by atoms with Crippen molar-refractivity contribution in [2.75, 3.05) is 27.2 Å². The Morgan fingerprint density at radius 3 is 2.33 bits per heavy atom. The molecule has 1 aliphatic heterocycles. The van der Waals surface area contributed by atoms with Crippen molar-refractivity contribution >= 4 is 11.8 Å². The Hall–Kier alpha value is -3.54. The van der Waals surface area contributed by atoms with E-state index in [0.717, 1.165) is 35.1 Å². The van der Waals surface area contributed by atoms with Gasteiger partial charge >= 0.3 is 0 Å². The minimum Gasteiger partial charge on any atom is -0.348 e. The number of carbonyl (C=O) groups excluding carboxylic acids is 2. The van der Waals surface area contributed by atoms with Crippen LogP contribution in [-0.4, -0.2) is 58.8 Å². The molecule has 1 atom stereocenters. The predicted molar refractivity (Wildman–Crippen MR) is 128 cm³/mol. The highest BCUT2D eigenvalue weighted by Gasteiger charge is 2.44. The molecule has 0 saturated carbocycles. The van der Waals surface area contributed by atoms with Crippen molar-refractivity contribution in [1.29, 1.82) is 0 Å². The van der Waals surface area contributed by atoms with Crippen molar-refractivity contribution in [2.45, 2.75) is 25.7 Å². The van der Waals surface area contributed by atoms with Gasteiger partial charge in [0, 0.05) is 52.0 Å². The quantitative estimate of drug-likeness (QED) is 0.585. The molecule has 0 radical (unpaired) electrons. The van der Waals surface area contributed by atoms with Gasteiger partial charge in [-0.2, -0.15) is 0 Å². The maximum atomic E-state index is 13.4. The Morgan fingerprint density at radius 2 is 1.67 bits per heavy atom. The number of benzene rings is 1. The topological polar surface area (TPSA) is 66.4 Å². The first-order valence-electron chi connectivity index (χ1n) is 11.3. The van der Waals surface area contributed by atoms with E-state index in [1.807, 2.05) is 29.2 Å². The van der Waals surface area contributed by atoms with E-state index < -0.39 is 5.41 Å². The largest absolute Gasteiger partial charge is 0.348 e. The summed E-state index contributed by atoms with van der Waals surface area (Å²) in [7, 11) is 3.60. The Kier molecular flexibility index (Phi) is 6.82. The van der Waals surface area contributed by atoms with Crippen molar-refractivity contribution in [3.05, 3.63) is 84.4 Å². The number of aromatic nitrogens is 2. The van der Waals surface area contributed by atoms with E-state index in [1.165, 1.54) is 0 Å². The van der Waals surface area contributed by atoms with Crippen LogP contribution in [0.5, 0.6) is 0 Å². The van der Waals surface area contributed by atoms with E-state index in [1.54, 1.807) is 43.8 Å². The number of amides is 2. The number of likely N-dealkylation sites (tertiary alicyclic amines) is 1. The highest BCUT2D eigenvalue weighted by atomic mass is 16.2. The summed E-state index contributed by atoms with van der Waals surface area (Å²) in [5.41, 5.74) is 3.60. The van der Waals surface area contributed by atoms with Crippen LogP contribution < -0.4 is 0 Å². The fourth-order valence-corrected chi connectivity index (χ4v) is 4.75. The smallest absolute Gasteiger partial charge is 0.230 e. The second kappa shape index (κ2) is 9.94. The summed E-state index contributed by atoms with van der Waals surface area (Å²) in [5, 5.41) is 0. The number of pyridine rings is 2. The molecule has 1 saturated heterocycles. The normalized spacial score (nSPS) is 18.1. The molecule has 6 nitrogen and oxygen atoms in total. The number of carbonyl (C=O) groups is 2. The molecule has 0 aliphatic carbocycles. The Labute approximate surface area is 195 Å². The summed E-state index contributed by atoms with van der Waals surface area (Å²) in [4.78, 5) is 38.2. The number of rotatable bonds is 6. The fraction of sp³-hybridized carbons (Fsp3) is 0.333. The standard InChI is InChI=1S/C27H30N4O2/c1-30(2)26(33)27(18-21-6-8-23(9-7-21)24-10-14-28-15-11-24)12-4-16-31(20-27)25(32)17-22-5-3-13-29-19-22/h3,5-11,13-15,19H,4,12,16-18,20H2,1-2H3/t27-/m1/s1. The third-order valence-corrected chi connectivity index (χ3v) is 6.38. The van der Waals surface area contributed by atoms with E-state index in [0.29, 0.717) is 25.9 Å². The Balaban J connectivity index is 1.54. The summed E-state index contributed by atoms with van der Waals surface area (Å²) >= 11 is 0. The molecule has 1 aliphatic rings. The molecule has 0 bridgehead atoms. The zero-order valence-corrected chi connectivity index (χ0v) is 19.3. The van der Waals surface area contributed by atoms with Gasteiger partial charge in [0.1, 0.15) is 0 Å². The number of hydrogen-bond donors (Lipinski definition) is 0. The van der Waals surface area contributed by atoms with Gasteiger partial charge in [0.25, 0.3) is 0 Å². The van der Waals surface area contributed by atoms with Crippen molar-refractivity contribution < 1.29 is 9.59 Å². The number of hydrogen-bond acceptors (Lipinski definition) is 4. The lowest BCUT2D eigenvalue weighted by Crippen LogP contribution is -2.54. The minimum absolute atomic E-state index is 0.0478. The van der Waals surface area contributed by atoms with Crippen molar-refractivity contribution in [2.24, 2.45) is 5.41 Å². The molecule has 170 valence electrons. The van der Waals surface area contributed by atoms with Gasteiger partial charge < -0.3 is 9.80 Å². The van der Waals surface area contributed by atoms with Crippen molar-refractivity contribution in [3.8, 4) is 11.1 Å². The van der Waals surface area contributed by atoms with Gasteiger partial charge in [-0.15, -0.1) is 0 Å². The molecule has 0 N–H and O–H groups in total. The molecule has 3 heterocycles. The van der Waals surface area contributed by atoms with E-state index in [-0.39, 0.29) is 11.8 Å².